The van der Waals surface area contributed by atoms with E-state index in [4.69, 9.17) is 0 Å². The molecule has 0 radical (unpaired) electrons. The highest BCUT2D eigenvalue weighted by molar-refractivity contribution is 7.92. The fourth-order valence-electron chi connectivity index (χ4n) is 2.73. The van der Waals surface area contributed by atoms with Crippen LogP contribution in [0.2, 0.25) is 0 Å². The zero-order valence-corrected chi connectivity index (χ0v) is 14.7. The monoisotopic (exact) mass is 339 g/mol. The van der Waals surface area contributed by atoms with Crippen molar-refractivity contribution in [2.24, 2.45) is 0 Å². The maximum absolute atomic E-state index is 12.4. The summed E-state index contributed by atoms with van der Waals surface area (Å²) in [4.78, 5) is 11.8. The number of sulfonamides is 1. The lowest BCUT2D eigenvalue weighted by Crippen LogP contribution is -2.37. The molecule has 0 unspecified atom stereocenters. The van der Waals surface area contributed by atoms with Crippen LogP contribution in [0.25, 0.3) is 0 Å². The Morgan fingerprint density at radius 1 is 1.35 bits per heavy atom. The van der Waals surface area contributed by atoms with Crippen molar-refractivity contribution in [3.8, 4) is 0 Å². The maximum Gasteiger partial charge on any atom is 0.319 e. The molecule has 1 aliphatic heterocycles. The predicted molar refractivity (Wildman–Crippen MR) is 93.5 cm³/mol. The van der Waals surface area contributed by atoms with Crippen LogP contribution >= 0.6 is 0 Å². The SMILES string of the molecule is CCCS(=O)(=O)N1CCCc2cc(NC(=O)NC(C)C)ccc21. The molecule has 0 aliphatic carbocycles. The molecule has 0 atom stereocenters. The Morgan fingerprint density at radius 2 is 2.09 bits per heavy atom. The zero-order valence-electron chi connectivity index (χ0n) is 13.9. The van der Waals surface area contributed by atoms with Gasteiger partial charge in [-0.1, -0.05) is 6.92 Å². The third-order valence-electron chi connectivity index (χ3n) is 3.63. The van der Waals surface area contributed by atoms with Gasteiger partial charge in [0, 0.05) is 18.3 Å². The number of nitrogens with one attached hydrogen (secondary N) is 2. The number of aryl methyl sites for hydroxylation is 1. The van der Waals surface area contributed by atoms with Gasteiger partial charge in [0.25, 0.3) is 0 Å². The summed E-state index contributed by atoms with van der Waals surface area (Å²) in [6.45, 7) is 6.17. The predicted octanol–water partition coefficient (Wildman–Crippen LogP) is 2.71. The minimum absolute atomic E-state index is 0.0577. The summed E-state index contributed by atoms with van der Waals surface area (Å²) in [6, 6.07) is 5.20. The van der Waals surface area contributed by atoms with Gasteiger partial charge in [-0.3, -0.25) is 4.31 Å². The van der Waals surface area contributed by atoms with Crippen LogP contribution in [0.3, 0.4) is 0 Å². The molecule has 0 saturated heterocycles. The number of hydrogen-bond acceptors (Lipinski definition) is 3. The first kappa shape index (κ1) is 17.6. The van der Waals surface area contributed by atoms with E-state index in [9.17, 15) is 13.2 Å². The summed E-state index contributed by atoms with van der Waals surface area (Å²) in [5.41, 5.74) is 2.37. The zero-order chi connectivity index (χ0) is 17.0. The normalized spacial score (nSPS) is 14.5. The van der Waals surface area contributed by atoms with Gasteiger partial charge >= 0.3 is 6.03 Å². The van der Waals surface area contributed by atoms with Crippen molar-refractivity contribution in [2.45, 2.75) is 46.1 Å². The molecule has 1 aromatic carbocycles. The molecular weight excluding hydrogens is 314 g/mol. The standard InChI is InChI=1S/C16H25N3O3S/c1-4-10-23(21,22)19-9-5-6-13-11-14(7-8-15(13)19)18-16(20)17-12(2)3/h7-8,11-12H,4-6,9-10H2,1-3H3,(H2,17,18,20). The maximum atomic E-state index is 12.4. The first-order valence-electron chi connectivity index (χ1n) is 8.04. The topological polar surface area (TPSA) is 78.5 Å². The van der Waals surface area contributed by atoms with Crippen LogP contribution in [0, 0.1) is 0 Å². The van der Waals surface area contributed by atoms with Crippen LogP contribution in [0.1, 0.15) is 39.2 Å². The van der Waals surface area contributed by atoms with Crippen molar-refractivity contribution in [1.82, 2.24) is 5.32 Å². The number of urea groups is 1. The third kappa shape index (κ3) is 4.37. The molecule has 0 saturated carbocycles. The molecule has 128 valence electrons. The molecule has 0 spiro atoms. The second-order valence-corrected chi connectivity index (χ2v) is 8.10. The Kier molecular flexibility index (Phi) is 5.51. The summed E-state index contributed by atoms with van der Waals surface area (Å²) >= 11 is 0. The number of nitrogens with zero attached hydrogens (tertiary/aromatic N) is 1. The van der Waals surface area contributed by atoms with E-state index in [0.717, 1.165) is 24.1 Å². The summed E-state index contributed by atoms with van der Waals surface area (Å²) in [5.74, 6) is 0.156. The molecule has 6 nitrogen and oxygen atoms in total. The minimum Gasteiger partial charge on any atom is -0.336 e. The quantitative estimate of drug-likeness (QED) is 0.866. The number of carbonyl (C=O) groups is 1. The Balaban J connectivity index is 2.22. The van der Waals surface area contributed by atoms with Crippen LogP contribution in [0.15, 0.2) is 18.2 Å². The number of carbonyl (C=O) groups excluding carboxylic acids is 1. The Hall–Kier alpha value is -1.76. The second kappa shape index (κ2) is 7.21. The fourth-order valence-corrected chi connectivity index (χ4v) is 4.35. The summed E-state index contributed by atoms with van der Waals surface area (Å²) < 4.78 is 26.3. The van der Waals surface area contributed by atoms with E-state index >= 15 is 0 Å². The van der Waals surface area contributed by atoms with E-state index < -0.39 is 10.0 Å². The Bertz CT molecular complexity index is 671. The lowest BCUT2D eigenvalue weighted by Gasteiger charge is -2.30. The molecule has 2 N–H and O–H groups in total. The van der Waals surface area contributed by atoms with Crippen molar-refractivity contribution in [3.63, 3.8) is 0 Å². The lowest BCUT2D eigenvalue weighted by molar-refractivity contribution is 0.250. The van der Waals surface area contributed by atoms with Gasteiger partial charge in [0.1, 0.15) is 0 Å². The molecule has 1 aliphatic rings. The highest BCUT2D eigenvalue weighted by atomic mass is 32.2. The molecule has 0 fully saturated rings. The Labute approximate surface area is 138 Å². The molecule has 0 bridgehead atoms. The first-order valence-corrected chi connectivity index (χ1v) is 9.65. The van der Waals surface area contributed by atoms with Gasteiger partial charge < -0.3 is 10.6 Å². The summed E-state index contributed by atoms with van der Waals surface area (Å²) in [5, 5.41) is 5.55. The molecule has 1 heterocycles. The largest absolute Gasteiger partial charge is 0.336 e. The van der Waals surface area contributed by atoms with Gasteiger partial charge in [0.05, 0.1) is 11.4 Å². The van der Waals surface area contributed by atoms with Crippen LogP contribution in [-0.2, 0) is 16.4 Å². The van der Waals surface area contributed by atoms with E-state index in [-0.39, 0.29) is 17.8 Å². The number of fused-ring (bicyclic) bond motifs is 1. The number of hydrogen-bond donors (Lipinski definition) is 2. The van der Waals surface area contributed by atoms with Crippen molar-refractivity contribution >= 4 is 27.4 Å². The molecule has 7 heteroatoms. The molecule has 2 rings (SSSR count). The molecule has 0 aromatic heterocycles. The fraction of sp³-hybridized carbons (Fsp3) is 0.562. The van der Waals surface area contributed by atoms with Gasteiger partial charge in [-0.05, 0) is 56.9 Å². The summed E-state index contributed by atoms with van der Waals surface area (Å²) in [6.07, 6.45) is 2.20. The van der Waals surface area contributed by atoms with Gasteiger partial charge in [0.15, 0.2) is 0 Å². The number of benzene rings is 1. The summed E-state index contributed by atoms with van der Waals surface area (Å²) in [7, 11) is -3.26. The lowest BCUT2D eigenvalue weighted by atomic mass is 10.0. The molecule has 2 amide bonds. The van der Waals surface area contributed by atoms with E-state index in [0.29, 0.717) is 18.7 Å². The average molecular weight is 339 g/mol. The number of anilines is 2. The highest BCUT2D eigenvalue weighted by Gasteiger charge is 2.26. The minimum atomic E-state index is -3.26. The molecular formula is C16H25N3O3S. The second-order valence-electron chi connectivity index (χ2n) is 6.09. The highest BCUT2D eigenvalue weighted by Crippen LogP contribution is 2.31. The van der Waals surface area contributed by atoms with Crippen molar-refractivity contribution in [2.75, 3.05) is 21.9 Å². The van der Waals surface area contributed by atoms with Gasteiger partial charge in [-0.15, -0.1) is 0 Å². The van der Waals surface area contributed by atoms with Gasteiger partial charge in [-0.25, -0.2) is 13.2 Å². The van der Waals surface area contributed by atoms with Crippen LogP contribution < -0.4 is 14.9 Å². The molecule has 1 aromatic rings. The van der Waals surface area contributed by atoms with E-state index in [1.165, 1.54) is 4.31 Å². The smallest absolute Gasteiger partial charge is 0.319 e. The van der Waals surface area contributed by atoms with Gasteiger partial charge in [0.2, 0.25) is 10.0 Å². The van der Waals surface area contributed by atoms with E-state index in [1.807, 2.05) is 26.8 Å². The van der Waals surface area contributed by atoms with E-state index in [2.05, 4.69) is 10.6 Å². The molecule has 23 heavy (non-hydrogen) atoms. The van der Waals surface area contributed by atoms with Crippen LogP contribution in [0.5, 0.6) is 0 Å². The van der Waals surface area contributed by atoms with E-state index in [1.54, 1.807) is 12.1 Å². The number of rotatable bonds is 5. The van der Waals surface area contributed by atoms with Crippen LogP contribution in [-0.4, -0.2) is 32.8 Å². The average Bonchev–Trinajstić information content (AvgIpc) is 2.45. The van der Waals surface area contributed by atoms with Crippen molar-refractivity contribution in [3.05, 3.63) is 23.8 Å². The third-order valence-corrected chi connectivity index (χ3v) is 5.61. The Morgan fingerprint density at radius 3 is 2.74 bits per heavy atom. The first-order chi connectivity index (χ1) is 10.8. The van der Waals surface area contributed by atoms with Crippen LogP contribution in [0.4, 0.5) is 16.2 Å². The van der Waals surface area contributed by atoms with Crippen molar-refractivity contribution in [1.29, 1.82) is 0 Å². The van der Waals surface area contributed by atoms with Crippen molar-refractivity contribution < 1.29 is 13.2 Å². The number of amides is 2. The van der Waals surface area contributed by atoms with Gasteiger partial charge in [-0.2, -0.15) is 0 Å².